The van der Waals surface area contributed by atoms with Gasteiger partial charge >= 0.3 is 0 Å². The fourth-order valence-electron chi connectivity index (χ4n) is 2.21. The van der Waals surface area contributed by atoms with Crippen LogP contribution in [-0.4, -0.2) is 16.8 Å². The molecule has 0 radical (unpaired) electrons. The first-order valence-electron chi connectivity index (χ1n) is 6.70. The van der Waals surface area contributed by atoms with Gasteiger partial charge in [0.15, 0.2) is 0 Å². The zero-order valence-electron chi connectivity index (χ0n) is 12.5. The van der Waals surface area contributed by atoms with Gasteiger partial charge in [-0.15, -0.1) is 0 Å². The van der Waals surface area contributed by atoms with E-state index in [1.807, 2.05) is 18.8 Å². The van der Waals surface area contributed by atoms with Gasteiger partial charge in [-0.2, -0.15) is 5.10 Å². The van der Waals surface area contributed by atoms with E-state index in [2.05, 4.69) is 61.5 Å². The molecule has 2 rings (SSSR count). The highest BCUT2D eigenvalue weighted by atomic mass is 15.3. The largest absolute Gasteiger partial charge is 0.314 e. The minimum Gasteiger partial charge on any atom is -0.314 e. The second kappa shape index (κ2) is 5.17. The predicted octanol–water partition coefficient (Wildman–Crippen LogP) is 3.10. The van der Waals surface area contributed by atoms with E-state index >= 15 is 0 Å². The Morgan fingerprint density at radius 2 is 1.79 bits per heavy atom. The summed E-state index contributed by atoms with van der Waals surface area (Å²) < 4.78 is 1.94. The van der Waals surface area contributed by atoms with Crippen molar-refractivity contribution in [3.8, 4) is 11.3 Å². The number of aryl methyl sites for hydroxylation is 1. The van der Waals surface area contributed by atoms with Crippen LogP contribution in [0.5, 0.6) is 0 Å². The topological polar surface area (TPSA) is 29.9 Å². The van der Waals surface area contributed by atoms with Crippen molar-refractivity contribution in [2.24, 2.45) is 7.05 Å². The third-order valence-electron chi connectivity index (χ3n) is 3.34. The highest BCUT2D eigenvalue weighted by Gasteiger charge is 2.14. The first kappa shape index (κ1) is 13.8. The van der Waals surface area contributed by atoms with Gasteiger partial charge in [-0.3, -0.25) is 4.68 Å². The van der Waals surface area contributed by atoms with Gasteiger partial charge in [-0.05, 0) is 29.7 Å². The summed E-state index contributed by atoms with van der Waals surface area (Å²) in [4.78, 5) is 0. The Bertz CT molecular complexity index is 544. The van der Waals surface area contributed by atoms with Crippen LogP contribution < -0.4 is 5.32 Å². The molecule has 0 spiro atoms. The molecule has 1 N–H and O–H groups in total. The number of aromatic nitrogens is 2. The lowest BCUT2D eigenvalue weighted by atomic mass is 9.86. The number of nitrogens with zero attached hydrogens (tertiary/aromatic N) is 2. The van der Waals surface area contributed by atoms with Gasteiger partial charge in [0.25, 0.3) is 0 Å². The molecular formula is C16H23N3. The van der Waals surface area contributed by atoms with E-state index < -0.39 is 0 Å². The molecule has 3 heteroatoms. The first-order valence-corrected chi connectivity index (χ1v) is 6.70. The smallest absolute Gasteiger partial charge is 0.0768 e. The van der Waals surface area contributed by atoms with Crippen molar-refractivity contribution in [3.05, 3.63) is 41.6 Å². The summed E-state index contributed by atoms with van der Waals surface area (Å²) in [6.07, 6.45) is 0. The Hall–Kier alpha value is -1.61. The highest BCUT2D eigenvalue weighted by molar-refractivity contribution is 5.60. The fourth-order valence-corrected chi connectivity index (χ4v) is 2.21. The maximum Gasteiger partial charge on any atom is 0.0768 e. The minimum absolute atomic E-state index is 0.197. The molecule has 0 saturated carbocycles. The van der Waals surface area contributed by atoms with E-state index in [0.717, 1.165) is 17.9 Å². The van der Waals surface area contributed by atoms with Crippen molar-refractivity contribution >= 4 is 0 Å². The molecule has 2 aromatic rings. The molecule has 19 heavy (non-hydrogen) atoms. The van der Waals surface area contributed by atoms with Crippen molar-refractivity contribution in [2.75, 3.05) is 7.05 Å². The van der Waals surface area contributed by atoms with E-state index in [-0.39, 0.29) is 5.41 Å². The van der Waals surface area contributed by atoms with Crippen molar-refractivity contribution in [1.82, 2.24) is 15.1 Å². The molecule has 1 aromatic heterocycles. The zero-order valence-corrected chi connectivity index (χ0v) is 12.5. The van der Waals surface area contributed by atoms with Crippen molar-refractivity contribution in [2.45, 2.75) is 32.7 Å². The van der Waals surface area contributed by atoms with Crippen LogP contribution in [0.3, 0.4) is 0 Å². The van der Waals surface area contributed by atoms with Crippen molar-refractivity contribution in [1.29, 1.82) is 0 Å². The second-order valence-corrected chi connectivity index (χ2v) is 6.00. The van der Waals surface area contributed by atoms with Crippen molar-refractivity contribution in [3.63, 3.8) is 0 Å². The molecule has 0 fully saturated rings. The Labute approximate surface area is 115 Å². The Balaban J connectivity index is 2.32. The molecule has 0 saturated heterocycles. The van der Waals surface area contributed by atoms with Crippen LogP contribution in [0.1, 0.15) is 32.0 Å². The van der Waals surface area contributed by atoms with Crippen LogP contribution in [0.4, 0.5) is 0 Å². The summed E-state index contributed by atoms with van der Waals surface area (Å²) in [5.74, 6) is 0. The average Bonchev–Trinajstić information content (AvgIpc) is 2.70. The molecule has 0 unspecified atom stereocenters. The molecule has 1 aromatic carbocycles. The lowest BCUT2D eigenvalue weighted by Crippen LogP contribution is -2.10. The summed E-state index contributed by atoms with van der Waals surface area (Å²) in [6, 6.07) is 10.9. The maximum absolute atomic E-state index is 4.50. The van der Waals surface area contributed by atoms with Gasteiger partial charge < -0.3 is 5.32 Å². The molecule has 102 valence electrons. The van der Waals surface area contributed by atoms with Crippen LogP contribution >= 0.6 is 0 Å². The zero-order chi connectivity index (χ0) is 14.0. The Kier molecular flexibility index (Phi) is 3.76. The number of rotatable bonds is 3. The van der Waals surface area contributed by atoms with Crippen LogP contribution in [-0.2, 0) is 19.0 Å². The summed E-state index contributed by atoms with van der Waals surface area (Å²) >= 11 is 0. The van der Waals surface area contributed by atoms with Gasteiger partial charge in [0.2, 0.25) is 0 Å². The van der Waals surface area contributed by atoms with Gasteiger partial charge in [0, 0.05) is 13.6 Å². The molecule has 0 bridgehead atoms. The van der Waals surface area contributed by atoms with E-state index in [0.29, 0.717) is 0 Å². The normalized spacial score (nSPS) is 11.8. The lowest BCUT2D eigenvalue weighted by molar-refractivity contribution is 0.590. The molecule has 0 aliphatic carbocycles. The second-order valence-electron chi connectivity index (χ2n) is 6.00. The monoisotopic (exact) mass is 257 g/mol. The number of hydrogen-bond acceptors (Lipinski definition) is 2. The Morgan fingerprint density at radius 1 is 1.16 bits per heavy atom. The minimum atomic E-state index is 0.197. The molecule has 0 aliphatic rings. The van der Waals surface area contributed by atoms with E-state index in [1.165, 1.54) is 11.1 Å². The number of hydrogen-bond donors (Lipinski definition) is 1. The molecule has 0 aliphatic heterocycles. The molecule has 1 heterocycles. The first-order chi connectivity index (χ1) is 8.91. The third-order valence-corrected chi connectivity index (χ3v) is 3.34. The molecule has 3 nitrogen and oxygen atoms in total. The number of nitrogens with one attached hydrogen (secondary N) is 1. The van der Waals surface area contributed by atoms with E-state index in [4.69, 9.17) is 0 Å². The van der Waals surface area contributed by atoms with Gasteiger partial charge in [0.05, 0.1) is 11.4 Å². The maximum atomic E-state index is 4.50. The highest BCUT2D eigenvalue weighted by Crippen LogP contribution is 2.26. The third kappa shape index (κ3) is 3.04. The van der Waals surface area contributed by atoms with E-state index in [1.54, 1.807) is 0 Å². The quantitative estimate of drug-likeness (QED) is 0.915. The fraction of sp³-hybridized carbons (Fsp3) is 0.438. The summed E-state index contributed by atoms with van der Waals surface area (Å²) in [5, 5.41) is 7.63. The summed E-state index contributed by atoms with van der Waals surface area (Å²) in [5.41, 5.74) is 4.99. The predicted molar refractivity (Wildman–Crippen MR) is 80.1 cm³/mol. The lowest BCUT2D eigenvalue weighted by Gasteiger charge is -2.19. The van der Waals surface area contributed by atoms with Gasteiger partial charge in [-0.25, -0.2) is 0 Å². The summed E-state index contributed by atoms with van der Waals surface area (Å²) in [6.45, 7) is 7.50. The molecule has 0 amide bonds. The summed E-state index contributed by atoms with van der Waals surface area (Å²) in [7, 11) is 3.93. The standard InChI is InChI=1S/C16H23N3/c1-16(2,3)13-8-6-12(7-9-13)15-10-14(11-17-4)18-19(15)5/h6-10,17H,11H2,1-5H3. The van der Waals surface area contributed by atoms with Crippen LogP contribution in [0.25, 0.3) is 11.3 Å². The van der Waals surface area contributed by atoms with Gasteiger partial charge in [-0.1, -0.05) is 45.0 Å². The van der Waals surface area contributed by atoms with E-state index in [9.17, 15) is 0 Å². The van der Waals surface area contributed by atoms with Gasteiger partial charge in [0.1, 0.15) is 0 Å². The number of benzene rings is 1. The van der Waals surface area contributed by atoms with Crippen LogP contribution in [0.2, 0.25) is 0 Å². The average molecular weight is 257 g/mol. The van der Waals surface area contributed by atoms with Crippen LogP contribution in [0.15, 0.2) is 30.3 Å². The Morgan fingerprint density at radius 3 is 2.32 bits per heavy atom. The van der Waals surface area contributed by atoms with Crippen molar-refractivity contribution < 1.29 is 0 Å². The SMILES string of the molecule is CNCc1cc(-c2ccc(C(C)(C)C)cc2)n(C)n1. The molecule has 0 atom stereocenters. The van der Waals surface area contributed by atoms with Crippen LogP contribution in [0, 0.1) is 0 Å². The molecular weight excluding hydrogens is 234 g/mol.